The van der Waals surface area contributed by atoms with Gasteiger partial charge in [-0.05, 0) is 61.0 Å². The van der Waals surface area contributed by atoms with Gasteiger partial charge in [-0.3, -0.25) is 24.2 Å². The van der Waals surface area contributed by atoms with Crippen LogP contribution in [0.5, 0.6) is 0 Å². The van der Waals surface area contributed by atoms with E-state index in [4.69, 9.17) is 4.74 Å². The number of esters is 1. The van der Waals surface area contributed by atoms with Crippen LogP contribution in [0.3, 0.4) is 0 Å². The van der Waals surface area contributed by atoms with Crippen molar-refractivity contribution >= 4 is 47.1 Å². The Morgan fingerprint density at radius 3 is 2.39 bits per heavy atom. The average Bonchev–Trinajstić information content (AvgIpc) is 2.89. The fourth-order valence-electron chi connectivity index (χ4n) is 2.99. The third kappa shape index (κ3) is 8.52. The molecule has 9 heteroatoms. The van der Waals surface area contributed by atoms with E-state index in [-0.39, 0.29) is 30.3 Å². The number of carbonyl (C=O) groups excluding carboxylic acids is 4. The van der Waals surface area contributed by atoms with Crippen LogP contribution in [-0.4, -0.2) is 40.9 Å². The Morgan fingerprint density at radius 2 is 1.72 bits per heavy atom. The van der Waals surface area contributed by atoms with Gasteiger partial charge in [-0.1, -0.05) is 24.3 Å². The minimum Gasteiger partial charge on any atom is -0.466 e. The van der Waals surface area contributed by atoms with Gasteiger partial charge in [0.2, 0.25) is 0 Å². The standard InChI is InChI=1S/C27H25N3O5S/c1-2-35-25(32)16-22(31)18-36-23-12-10-21(11-13-23)29-27(34)24(15-19-7-6-14-28-17-19)30-26(33)20-8-4-3-5-9-20/h3-15,17H,2,16,18H2,1H3,(H,29,34)(H,30,33)/b24-15-. The van der Waals surface area contributed by atoms with E-state index >= 15 is 0 Å². The summed E-state index contributed by atoms with van der Waals surface area (Å²) in [6, 6.07) is 19.0. The minimum atomic E-state index is -0.532. The van der Waals surface area contributed by atoms with Crippen molar-refractivity contribution in [2.75, 3.05) is 17.7 Å². The average molecular weight is 504 g/mol. The van der Waals surface area contributed by atoms with E-state index in [0.29, 0.717) is 16.8 Å². The number of thioether (sulfide) groups is 1. The number of anilines is 1. The summed E-state index contributed by atoms with van der Waals surface area (Å²) in [6.07, 6.45) is 4.49. The smallest absolute Gasteiger partial charge is 0.313 e. The zero-order chi connectivity index (χ0) is 25.8. The van der Waals surface area contributed by atoms with Crippen LogP contribution in [-0.2, 0) is 19.1 Å². The highest BCUT2D eigenvalue weighted by atomic mass is 32.2. The predicted octanol–water partition coefficient (Wildman–Crippen LogP) is 4.11. The summed E-state index contributed by atoms with van der Waals surface area (Å²) in [7, 11) is 0. The van der Waals surface area contributed by atoms with Gasteiger partial charge in [0.1, 0.15) is 12.1 Å². The third-order valence-corrected chi connectivity index (χ3v) is 5.75. The van der Waals surface area contributed by atoms with Crippen molar-refractivity contribution < 1.29 is 23.9 Å². The van der Waals surface area contributed by atoms with Crippen LogP contribution in [0.4, 0.5) is 5.69 Å². The normalized spacial score (nSPS) is 10.9. The Morgan fingerprint density at radius 1 is 0.972 bits per heavy atom. The first-order valence-electron chi connectivity index (χ1n) is 11.1. The van der Waals surface area contributed by atoms with Crippen molar-refractivity contribution in [3.63, 3.8) is 0 Å². The van der Waals surface area contributed by atoms with Crippen LogP contribution >= 0.6 is 11.8 Å². The van der Waals surface area contributed by atoms with Gasteiger partial charge in [-0.15, -0.1) is 11.8 Å². The van der Waals surface area contributed by atoms with Gasteiger partial charge in [0.05, 0.1) is 12.4 Å². The van der Waals surface area contributed by atoms with Crippen LogP contribution in [0.15, 0.2) is 89.7 Å². The van der Waals surface area contributed by atoms with Gasteiger partial charge in [0, 0.05) is 28.5 Å². The number of nitrogens with zero attached hydrogens (tertiary/aromatic N) is 1. The maximum absolute atomic E-state index is 13.0. The van der Waals surface area contributed by atoms with E-state index < -0.39 is 17.8 Å². The van der Waals surface area contributed by atoms with Crippen LogP contribution < -0.4 is 10.6 Å². The molecule has 36 heavy (non-hydrogen) atoms. The molecule has 0 fully saturated rings. The summed E-state index contributed by atoms with van der Waals surface area (Å²) in [5, 5.41) is 5.45. The molecule has 2 aromatic carbocycles. The first-order chi connectivity index (χ1) is 17.4. The van der Waals surface area contributed by atoms with E-state index in [2.05, 4.69) is 15.6 Å². The minimum absolute atomic E-state index is 0.0554. The van der Waals surface area contributed by atoms with Crippen LogP contribution in [0.2, 0.25) is 0 Å². The van der Waals surface area contributed by atoms with Gasteiger partial charge in [0.15, 0.2) is 5.78 Å². The molecule has 0 radical (unpaired) electrons. The molecule has 1 aromatic heterocycles. The lowest BCUT2D eigenvalue weighted by Gasteiger charge is -2.12. The number of hydrogen-bond donors (Lipinski definition) is 2. The largest absolute Gasteiger partial charge is 0.466 e. The number of Topliss-reactive ketones (excluding diaryl/α,β-unsaturated/α-hetero) is 1. The van der Waals surface area contributed by atoms with E-state index in [0.717, 1.165) is 4.90 Å². The lowest BCUT2D eigenvalue weighted by Crippen LogP contribution is -2.30. The molecular weight excluding hydrogens is 478 g/mol. The Kier molecular flexibility index (Phi) is 9.96. The van der Waals surface area contributed by atoms with Crippen molar-refractivity contribution in [2.45, 2.75) is 18.2 Å². The van der Waals surface area contributed by atoms with Crippen molar-refractivity contribution in [2.24, 2.45) is 0 Å². The maximum Gasteiger partial charge on any atom is 0.313 e. The highest BCUT2D eigenvalue weighted by Gasteiger charge is 2.15. The molecule has 2 N–H and O–H groups in total. The van der Waals surface area contributed by atoms with Gasteiger partial charge in [-0.25, -0.2) is 0 Å². The van der Waals surface area contributed by atoms with E-state index in [1.807, 2.05) is 0 Å². The molecule has 0 unspecified atom stereocenters. The summed E-state index contributed by atoms with van der Waals surface area (Å²) in [5.74, 6) is -1.55. The summed E-state index contributed by atoms with van der Waals surface area (Å²) < 4.78 is 4.78. The number of hydrogen-bond acceptors (Lipinski definition) is 7. The Labute approximate surface area is 213 Å². The van der Waals surface area contributed by atoms with E-state index in [1.54, 1.807) is 92.1 Å². The molecule has 3 aromatic rings. The topological polar surface area (TPSA) is 114 Å². The molecule has 1 heterocycles. The molecule has 2 amide bonds. The summed E-state index contributed by atoms with van der Waals surface area (Å²) in [5.41, 5.74) is 1.63. The van der Waals surface area contributed by atoms with Crippen molar-refractivity contribution in [3.8, 4) is 0 Å². The Hall–Kier alpha value is -4.24. The molecule has 0 bridgehead atoms. The van der Waals surface area contributed by atoms with Gasteiger partial charge >= 0.3 is 5.97 Å². The zero-order valence-electron chi connectivity index (χ0n) is 19.6. The number of rotatable bonds is 11. The number of benzene rings is 2. The molecular formula is C27H25N3O5S. The van der Waals surface area contributed by atoms with Crippen molar-refractivity contribution in [1.29, 1.82) is 0 Å². The van der Waals surface area contributed by atoms with E-state index in [9.17, 15) is 19.2 Å². The Balaban J connectivity index is 1.65. The monoisotopic (exact) mass is 503 g/mol. The molecule has 0 aliphatic rings. The van der Waals surface area contributed by atoms with Crippen molar-refractivity contribution in [3.05, 3.63) is 95.9 Å². The molecule has 0 saturated heterocycles. The number of aromatic nitrogens is 1. The highest BCUT2D eigenvalue weighted by Crippen LogP contribution is 2.21. The second kappa shape index (κ2) is 13.6. The highest BCUT2D eigenvalue weighted by molar-refractivity contribution is 8.00. The summed E-state index contributed by atoms with van der Waals surface area (Å²) in [4.78, 5) is 53.9. The van der Waals surface area contributed by atoms with E-state index in [1.165, 1.54) is 11.8 Å². The van der Waals surface area contributed by atoms with Crippen LogP contribution in [0.1, 0.15) is 29.3 Å². The molecule has 0 saturated carbocycles. The van der Waals surface area contributed by atoms with Crippen LogP contribution in [0, 0.1) is 0 Å². The molecule has 0 atom stereocenters. The number of pyridine rings is 1. The number of carbonyl (C=O) groups is 4. The molecule has 0 aliphatic carbocycles. The van der Waals surface area contributed by atoms with Gasteiger partial charge in [0.25, 0.3) is 11.8 Å². The van der Waals surface area contributed by atoms with Crippen LogP contribution in [0.25, 0.3) is 6.08 Å². The number of ether oxygens (including phenoxy) is 1. The van der Waals surface area contributed by atoms with Crippen molar-refractivity contribution in [1.82, 2.24) is 10.3 Å². The number of amides is 2. The quantitative estimate of drug-likeness (QED) is 0.175. The first-order valence-corrected chi connectivity index (χ1v) is 12.1. The van der Waals surface area contributed by atoms with Gasteiger partial charge < -0.3 is 15.4 Å². The van der Waals surface area contributed by atoms with Gasteiger partial charge in [-0.2, -0.15) is 0 Å². The maximum atomic E-state index is 13.0. The molecule has 3 rings (SSSR count). The molecule has 0 spiro atoms. The second-order valence-electron chi connectivity index (χ2n) is 7.45. The lowest BCUT2D eigenvalue weighted by atomic mass is 10.2. The molecule has 184 valence electrons. The second-order valence-corrected chi connectivity index (χ2v) is 8.50. The zero-order valence-corrected chi connectivity index (χ0v) is 20.4. The summed E-state index contributed by atoms with van der Waals surface area (Å²) in [6.45, 7) is 1.92. The number of ketones is 1. The summed E-state index contributed by atoms with van der Waals surface area (Å²) >= 11 is 1.28. The Bertz CT molecular complexity index is 1230. The predicted molar refractivity (Wildman–Crippen MR) is 138 cm³/mol. The fraction of sp³-hybridized carbons (Fsp3) is 0.148. The molecule has 8 nitrogen and oxygen atoms in total. The SMILES string of the molecule is CCOC(=O)CC(=O)CSc1ccc(NC(=O)/C(=C/c2cccnc2)NC(=O)c2ccccc2)cc1. The number of nitrogens with one attached hydrogen (secondary N) is 2. The first kappa shape index (κ1) is 26.4. The third-order valence-electron chi connectivity index (χ3n) is 4.68. The lowest BCUT2D eigenvalue weighted by molar-refractivity contribution is -0.145. The molecule has 0 aliphatic heterocycles. The fourth-order valence-corrected chi connectivity index (χ4v) is 3.75.